The van der Waals surface area contributed by atoms with E-state index in [9.17, 15) is 0 Å². The maximum atomic E-state index is 5.10. The summed E-state index contributed by atoms with van der Waals surface area (Å²) in [6.45, 7) is 2.12. The number of allylic oxidation sites excluding steroid dienone is 1. The minimum absolute atomic E-state index is 0.910. The lowest BCUT2D eigenvalue weighted by Gasteiger charge is -1.99. The third kappa shape index (κ3) is 2.42. The molecule has 0 N–H and O–H groups in total. The summed E-state index contributed by atoms with van der Waals surface area (Å²) in [5, 5.41) is 0. The van der Waals surface area contributed by atoms with Gasteiger partial charge in [0.25, 0.3) is 0 Å². The van der Waals surface area contributed by atoms with Crippen molar-refractivity contribution in [3.8, 4) is 5.75 Å². The summed E-state index contributed by atoms with van der Waals surface area (Å²) in [5.74, 6) is 0.910. The van der Waals surface area contributed by atoms with Crippen LogP contribution in [-0.2, 0) is 0 Å². The van der Waals surface area contributed by atoms with E-state index in [-0.39, 0.29) is 0 Å². The molecule has 0 amide bonds. The van der Waals surface area contributed by atoms with Crippen molar-refractivity contribution in [2.75, 3.05) is 7.11 Å². The zero-order chi connectivity index (χ0) is 8.81. The van der Waals surface area contributed by atoms with Crippen LogP contribution in [0.2, 0.25) is 0 Å². The Bertz CT molecular complexity index is 263. The van der Waals surface area contributed by atoms with E-state index in [1.54, 1.807) is 7.11 Å². The fraction of sp³-hybridized carbons (Fsp3) is 0.273. The summed E-state index contributed by atoms with van der Waals surface area (Å²) in [5.41, 5.74) is 1.19. The summed E-state index contributed by atoms with van der Waals surface area (Å²) < 4.78 is 5.10. The molecule has 0 heterocycles. The lowest BCUT2D eigenvalue weighted by molar-refractivity contribution is 0.414. The van der Waals surface area contributed by atoms with Gasteiger partial charge in [-0.1, -0.05) is 31.2 Å². The zero-order valence-corrected chi connectivity index (χ0v) is 7.58. The topological polar surface area (TPSA) is 9.23 Å². The van der Waals surface area contributed by atoms with Gasteiger partial charge in [-0.3, -0.25) is 0 Å². The minimum atomic E-state index is 0.910. The first-order chi connectivity index (χ1) is 5.86. The molecule has 1 aromatic carbocycles. The molecule has 0 spiro atoms. The van der Waals surface area contributed by atoms with E-state index in [1.165, 1.54) is 5.56 Å². The van der Waals surface area contributed by atoms with Gasteiger partial charge in [-0.15, -0.1) is 0 Å². The molecule has 1 rings (SSSR count). The molecular formula is C11H14O. The summed E-state index contributed by atoms with van der Waals surface area (Å²) >= 11 is 0. The summed E-state index contributed by atoms with van der Waals surface area (Å²) in [6.07, 6.45) is 5.30. The predicted molar refractivity (Wildman–Crippen MR) is 52.3 cm³/mol. The Balaban J connectivity index is 2.79. The zero-order valence-electron chi connectivity index (χ0n) is 7.58. The number of benzene rings is 1. The van der Waals surface area contributed by atoms with Gasteiger partial charge in [0.1, 0.15) is 5.75 Å². The lowest BCUT2D eigenvalue weighted by Crippen LogP contribution is -1.81. The monoisotopic (exact) mass is 162 g/mol. The van der Waals surface area contributed by atoms with E-state index in [0.29, 0.717) is 0 Å². The average Bonchev–Trinajstić information content (AvgIpc) is 2.15. The molecule has 0 aliphatic rings. The number of methoxy groups -OCH3 is 1. The van der Waals surface area contributed by atoms with Crippen LogP contribution in [0.1, 0.15) is 18.9 Å². The number of ether oxygens (including phenoxy) is 1. The second-order valence-electron chi connectivity index (χ2n) is 2.59. The van der Waals surface area contributed by atoms with Crippen LogP contribution < -0.4 is 4.74 Å². The van der Waals surface area contributed by atoms with Crippen molar-refractivity contribution in [3.05, 3.63) is 35.9 Å². The van der Waals surface area contributed by atoms with E-state index in [2.05, 4.69) is 25.1 Å². The van der Waals surface area contributed by atoms with Crippen molar-refractivity contribution in [2.24, 2.45) is 0 Å². The lowest BCUT2D eigenvalue weighted by atomic mass is 10.2. The average molecular weight is 162 g/mol. The van der Waals surface area contributed by atoms with Gasteiger partial charge < -0.3 is 4.74 Å². The standard InChI is InChI=1S/C11H14O/c1-3-4-6-10-7-5-8-11(9-10)12-2/h4-9H,3H2,1-2H3/b6-4-. The largest absolute Gasteiger partial charge is 0.497 e. The van der Waals surface area contributed by atoms with Crippen molar-refractivity contribution in [3.63, 3.8) is 0 Å². The first-order valence-corrected chi connectivity index (χ1v) is 4.17. The van der Waals surface area contributed by atoms with Gasteiger partial charge in [-0.05, 0) is 24.1 Å². The van der Waals surface area contributed by atoms with Crippen LogP contribution in [-0.4, -0.2) is 7.11 Å². The Labute approximate surface area is 73.7 Å². The molecule has 0 aliphatic heterocycles. The quantitative estimate of drug-likeness (QED) is 0.663. The SMILES string of the molecule is CC/C=C\c1cccc(OC)c1. The van der Waals surface area contributed by atoms with E-state index in [4.69, 9.17) is 4.74 Å². The van der Waals surface area contributed by atoms with Crippen molar-refractivity contribution in [2.45, 2.75) is 13.3 Å². The maximum absolute atomic E-state index is 5.10. The molecule has 0 radical (unpaired) electrons. The Kier molecular flexibility index (Phi) is 3.39. The first kappa shape index (κ1) is 8.85. The molecule has 1 aromatic rings. The van der Waals surface area contributed by atoms with Gasteiger partial charge >= 0.3 is 0 Å². The van der Waals surface area contributed by atoms with E-state index in [1.807, 2.05) is 18.2 Å². The molecular weight excluding hydrogens is 148 g/mol. The molecule has 0 atom stereocenters. The number of hydrogen-bond acceptors (Lipinski definition) is 1. The van der Waals surface area contributed by atoms with Gasteiger partial charge in [0, 0.05) is 0 Å². The maximum Gasteiger partial charge on any atom is 0.119 e. The first-order valence-electron chi connectivity index (χ1n) is 4.17. The smallest absolute Gasteiger partial charge is 0.119 e. The minimum Gasteiger partial charge on any atom is -0.497 e. The third-order valence-electron chi connectivity index (χ3n) is 1.64. The van der Waals surface area contributed by atoms with E-state index >= 15 is 0 Å². The Morgan fingerprint density at radius 1 is 1.42 bits per heavy atom. The molecule has 0 saturated carbocycles. The van der Waals surface area contributed by atoms with Crippen molar-refractivity contribution in [1.82, 2.24) is 0 Å². The van der Waals surface area contributed by atoms with Crippen LogP contribution in [0.3, 0.4) is 0 Å². The van der Waals surface area contributed by atoms with Crippen LogP contribution in [0.5, 0.6) is 5.75 Å². The van der Waals surface area contributed by atoms with Crippen LogP contribution in [0, 0.1) is 0 Å². The third-order valence-corrected chi connectivity index (χ3v) is 1.64. The van der Waals surface area contributed by atoms with Crippen LogP contribution in [0.4, 0.5) is 0 Å². The molecule has 0 aromatic heterocycles. The molecule has 0 saturated heterocycles. The van der Waals surface area contributed by atoms with Crippen LogP contribution in [0.25, 0.3) is 6.08 Å². The van der Waals surface area contributed by atoms with Gasteiger partial charge in [-0.2, -0.15) is 0 Å². The van der Waals surface area contributed by atoms with E-state index in [0.717, 1.165) is 12.2 Å². The Morgan fingerprint density at radius 3 is 2.92 bits per heavy atom. The van der Waals surface area contributed by atoms with Gasteiger partial charge in [0.05, 0.1) is 7.11 Å². The van der Waals surface area contributed by atoms with E-state index < -0.39 is 0 Å². The van der Waals surface area contributed by atoms with Crippen molar-refractivity contribution < 1.29 is 4.74 Å². The Hall–Kier alpha value is -1.24. The fourth-order valence-corrected chi connectivity index (χ4v) is 0.999. The molecule has 0 aliphatic carbocycles. The fourth-order valence-electron chi connectivity index (χ4n) is 0.999. The van der Waals surface area contributed by atoms with Crippen molar-refractivity contribution >= 4 is 6.08 Å². The highest BCUT2D eigenvalue weighted by molar-refractivity contribution is 5.51. The summed E-state index contributed by atoms with van der Waals surface area (Å²) in [6, 6.07) is 8.03. The normalized spacial score (nSPS) is 10.5. The highest BCUT2D eigenvalue weighted by atomic mass is 16.5. The Morgan fingerprint density at radius 2 is 2.25 bits per heavy atom. The molecule has 1 heteroatoms. The van der Waals surface area contributed by atoms with Crippen LogP contribution in [0.15, 0.2) is 30.3 Å². The highest BCUT2D eigenvalue weighted by Gasteiger charge is 1.89. The van der Waals surface area contributed by atoms with Gasteiger partial charge in [0.2, 0.25) is 0 Å². The number of hydrogen-bond donors (Lipinski definition) is 0. The van der Waals surface area contributed by atoms with Crippen LogP contribution >= 0.6 is 0 Å². The predicted octanol–water partition coefficient (Wildman–Crippen LogP) is 3.12. The molecule has 12 heavy (non-hydrogen) atoms. The molecule has 0 unspecified atom stereocenters. The summed E-state index contributed by atoms with van der Waals surface area (Å²) in [4.78, 5) is 0. The second kappa shape index (κ2) is 4.60. The molecule has 1 nitrogen and oxygen atoms in total. The summed E-state index contributed by atoms with van der Waals surface area (Å²) in [7, 11) is 1.68. The second-order valence-corrected chi connectivity index (χ2v) is 2.59. The molecule has 0 bridgehead atoms. The van der Waals surface area contributed by atoms with Gasteiger partial charge in [-0.25, -0.2) is 0 Å². The number of rotatable bonds is 3. The van der Waals surface area contributed by atoms with Crippen molar-refractivity contribution in [1.29, 1.82) is 0 Å². The molecule has 64 valence electrons. The highest BCUT2D eigenvalue weighted by Crippen LogP contribution is 2.13. The van der Waals surface area contributed by atoms with Gasteiger partial charge in [0.15, 0.2) is 0 Å². The molecule has 0 fully saturated rings.